The molecular weight excluding hydrogens is 298 g/mol. The first-order chi connectivity index (χ1) is 9.21. The topological polar surface area (TPSA) is 107 Å². The Morgan fingerprint density at radius 1 is 1.35 bits per heavy atom. The number of phenols is 1. The summed E-state index contributed by atoms with van der Waals surface area (Å²) in [6.07, 6.45) is -4.99. The second-order valence-corrected chi connectivity index (χ2v) is 5.37. The van der Waals surface area contributed by atoms with Crippen molar-refractivity contribution in [2.24, 2.45) is 0 Å². The van der Waals surface area contributed by atoms with Crippen molar-refractivity contribution in [1.82, 2.24) is 0 Å². The summed E-state index contributed by atoms with van der Waals surface area (Å²) in [5, 5.41) is 18.3. The first-order valence-electron chi connectivity index (χ1n) is 5.53. The van der Waals surface area contributed by atoms with Gasteiger partial charge in [0, 0.05) is 18.6 Å². The average molecular weight is 311 g/mol. The highest BCUT2D eigenvalue weighted by molar-refractivity contribution is 7.85. The molecule has 0 heterocycles. The fourth-order valence-electron chi connectivity index (χ4n) is 1.35. The van der Waals surface area contributed by atoms with Gasteiger partial charge in [-0.15, -0.1) is 0 Å². The molecule has 0 aliphatic heterocycles. The number of hydrogen-bond donors (Lipinski definition) is 2. The quantitative estimate of drug-likeness (QED) is 0.570. The van der Waals surface area contributed by atoms with Gasteiger partial charge in [-0.1, -0.05) is 0 Å². The molecule has 9 heteroatoms. The van der Waals surface area contributed by atoms with E-state index in [2.05, 4.69) is 0 Å². The zero-order valence-corrected chi connectivity index (χ0v) is 11.0. The van der Waals surface area contributed by atoms with Gasteiger partial charge < -0.3 is 19.5 Å². The number of halogens is 2. The van der Waals surface area contributed by atoms with E-state index < -0.39 is 27.5 Å². The van der Waals surface area contributed by atoms with Crippen molar-refractivity contribution in [2.75, 3.05) is 6.61 Å². The molecule has 0 saturated carbocycles. The maximum Gasteiger partial charge on any atom is 0.264 e. The molecule has 1 atom stereocenters. The summed E-state index contributed by atoms with van der Waals surface area (Å²) in [7, 11) is -4.65. The number of ether oxygens (including phenoxy) is 1. The van der Waals surface area contributed by atoms with E-state index in [1.54, 1.807) is 0 Å². The summed E-state index contributed by atoms with van der Waals surface area (Å²) in [6.45, 7) is -0.482. The molecule has 0 fully saturated rings. The lowest BCUT2D eigenvalue weighted by atomic mass is 10.2. The van der Waals surface area contributed by atoms with Gasteiger partial charge in [0.2, 0.25) is 0 Å². The highest BCUT2D eigenvalue weighted by Crippen LogP contribution is 2.22. The molecule has 20 heavy (non-hydrogen) atoms. The molecule has 1 rings (SSSR count). The lowest BCUT2D eigenvalue weighted by molar-refractivity contribution is -0.0261. The summed E-state index contributed by atoms with van der Waals surface area (Å²) >= 11 is 0. The van der Waals surface area contributed by atoms with Crippen LogP contribution in [0.5, 0.6) is 5.75 Å². The van der Waals surface area contributed by atoms with E-state index in [0.717, 1.165) is 18.2 Å². The van der Waals surface area contributed by atoms with E-state index in [0.29, 0.717) is 0 Å². The summed E-state index contributed by atoms with van der Waals surface area (Å²) in [5.74, 6) is -0.285. The molecule has 1 aromatic rings. The van der Waals surface area contributed by atoms with Crippen LogP contribution in [0.25, 0.3) is 0 Å². The van der Waals surface area contributed by atoms with Crippen molar-refractivity contribution < 1.29 is 36.7 Å². The van der Waals surface area contributed by atoms with E-state index >= 15 is 0 Å². The minimum absolute atomic E-state index is 0.0356. The molecule has 0 amide bonds. The number of aliphatic hydroxyl groups is 1. The van der Waals surface area contributed by atoms with Gasteiger partial charge in [0.05, 0.1) is 11.5 Å². The zero-order valence-electron chi connectivity index (χ0n) is 10.2. The molecule has 0 aliphatic rings. The predicted molar refractivity (Wildman–Crippen MR) is 62.4 cm³/mol. The molecule has 114 valence electrons. The van der Waals surface area contributed by atoms with Crippen LogP contribution in [0.4, 0.5) is 8.78 Å². The van der Waals surface area contributed by atoms with Gasteiger partial charge in [0.1, 0.15) is 22.0 Å². The molecule has 0 saturated heterocycles. The van der Waals surface area contributed by atoms with Crippen LogP contribution in [-0.4, -0.2) is 42.3 Å². The van der Waals surface area contributed by atoms with Crippen LogP contribution in [0.2, 0.25) is 0 Å². The predicted octanol–water partition coefficient (Wildman–Crippen LogP) is 0.829. The normalized spacial score (nSPS) is 13.7. The van der Waals surface area contributed by atoms with Crippen molar-refractivity contribution in [3.63, 3.8) is 0 Å². The van der Waals surface area contributed by atoms with Gasteiger partial charge in [0.15, 0.2) is 0 Å². The lowest BCUT2D eigenvalue weighted by Crippen LogP contribution is -2.19. The van der Waals surface area contributed by atoms with Crippen LogP contribution in [0, 0.1) is 0 Å². The fourth-order valence-corrected chi connectivity index (χ4v) is 1.87. The van der Waals surface area contributed by atoms with E-state index in [1.807, 2.05) is 0 Å². The Balaban J connectivity index is 2.60. The van der Waals surface area contributed by atoms with E-state index in [1.165, 1.54) is 0 Å². The Morgan fingerprint density at radius 3 is 2.55 bits per heavy atom. The van der Waals surface area contributed by atoms with Gasteiger partial charge in [-0.05, 0) is 18.2 Å². The monoisotopic (exact) mass is 311 g/mol. The largest absolute Gasteiger partial charge is 0.744 e. The SMILES string of the molecule is O=S(=O)([O-])c1ccc(O)c(COCCC(O)C(F)F)c1. The smallest absolute Gasteiger partial charge is 0.264 e. The van der Waals surface area contributed by atoms with Gasteiger partial charge in [-0.25, -0.2) is 17.2 Å². The molecule has 0 radical (unpaired) electrons. The fraction of sp³-hybridized carbons (Fsp3) is 0.455. The Morgan fingerprint density at radius 2 is 2.00 bits per heavy atom. The third kappa shape index (κ3) is 5.00. The van der Waals surface area contributed by atoms with Crippen LogP contribution >= 0.6 is 0 Å². The molecule has 6 nitrogen and oxygen atoms in total. The minimum atomic E-state index is -4.65. The summed E-state index contributed by atoms with van der Waals surface area (Å²) < 4.78 is 61.3. The van der Waals surface area contributed by atoms with Crippen molar-refractivity contribution in [3.8, 4) is 5.75 Å². The lowest BCUT2D eigenvalue weighted by Gasteiger charge is -2.12. The number of alkyl halides is 2. The summed E-state index contributed by atoms with van der Waals surface area (Å²) in [6, 6.07) is 2.92. The Kier molecular flexibility index (Phi) is 5.81. The number of aromatic hydroxyl groups is 1. The third-order valence-corrected chi connectivity index (χ3v) is 3.28. The van der Waals surface area contributed by atoms with Gasteiger partial charge in [-0.3, -0.25) is 0 Å². The van der Waals surface area contributed by atoms with Gasteiger partial charge in [-0.2, -0.15) is 0 Å². The van der Waals surface area contributed by atoms with Crippen molar-refractivity contribution in [1.29, 1.82) is 0 Å². The first kappa shape index (κ1) is 16.8. The molecule has 1 unspecified atom stereocenters. The van der Waals surface area contributed by atoms with E-state index in [-0.39, 0.29) is 30.9 Å². The number of benzene rings is 1. The Labute approximate surface area is 114 Å². The van der Waals surface area contributed by atoms with E-state index in [4.69, 9.17) is 9.84 Å². The molecule has 0 aromatic heterocycles. The highest BCUT2D eigenvalue weighted by atomic mass is 32.2. The maximum absolute atomic E-state index is 12.0. The molecular formula is C11H13F2O6S-. The van der Waals surface area contributed by atoms with Crippen LogP contribution in [-0.2, 0) is 21.5 Å². The second kappa shape index (κ2) is 6.93. The van der Waals surface area contributed by atoms with Crippen molar-refractivity contribution in [2.45, 2.75) is 30.5 Å². The van der Waals surface area contributed by atoms with Crippen molar-refractivity contribution >= 4 is 10.1 Å². The van der Waals surface area contributed by atoms with Crippen LogP contribution in [0.1, 0.15) is 12.0 Å². The van der Waals surface area contributed by atoms with Crippen LogP contribution in [0.15, 0.2) is 23.1 Å². The third-order valence-electron chi connectivity index (χ3n) is 2.45. The number of phenolic OH excluding ortho intramolecular Hbond substituents is 1. The maximum atomic E-state index is 12.0. The molecule has 2 N–H and O–H groups in total. The van der Waals surface area contributed by atoms with Crippen LogP contribution in [0.3, 0.4) is 0 Å². The first-order valence-corrected chi connectivity index (χ1v) is 6.94. The molecule has 0 aliphatic carbocycles. The van der Waals surface area contributed by atoms with Gasteiger partial charge in [0.25, 0.3) is 6.43 Å². The second-order valence-electron chi connectivity index (χ2n) is 3.99. The van der Waals surface area contributed by atoms with E-state index in [9.17, 15) is 26.9 Å². The van der Waals surface area contributed by atoms with Gasteiger partial charge >= 0.3 is 0 Å². The van der Waals surface area contributed by atoms with Crippen molar-refractivity contribution in [3.05, 3.63) is 23.8 Å². The average Bonchev–Trinajstić information content (AvgIpc) is 2.34. The molecule has 1 aromatic carbocycles. The number of hydrogen-bond acceptors (Lipinski definition) is 6. The minimum Gasteiger partial charge on any atom is -0.744 e. The molecule has 0 bridgehead atoms. The Bertz CT molecular complexity index is 546. The van der Waals surface area contributed by atoms with Crippen LogP contribution < -0.4 is 0 Å². The highest BCUT2D eigenvalue weighted by Gasteiger charge is 2.16. The Hall–Kier alpha value is -1.29. The number of aliphatic hydroxyl groups excluding tert-OH is 1. The standard InChI is InChI=1S/C11H14F2O6S/c12-11(13)10(15)3-4-19-6-7-5-8(20(16,17)18)1-2-9(7)14/h1-2,5,10-11,14-15H,3-4,6H2,(H,16,17,18)/p-1. The number of rotatable bonds is 7. The zero-order chi connectivity index (χ0) is 15.3. The molecule has 0 spiro atoms. The summed E-state index contributed by atoms with van der Waals surface area (Å²) in [5.41, 5.74) is 0.0356. The summed E-state index contributed by atoms with van der Waals surface area (Å²) in [4.78, 5) is -0.526.